The smallest absolute Gasteiger partial charge is 0.306 e. The molecule has 14 heteroatoms. The molecule has 0 unspecified atom stereocenters. The molecule has 4 rings (SSSR count). The summed E-state index contributed by atoms with van der Waals surface area (Å²) in [6.45, 7) is 7.94. The standard InChI is InChI=1S/C35H44N4O10/c1-9-48-28(40)13-11-20-18(3)22(15-26-30(44-5)32(46-7)34(42)38-26)36-24(20)17-25-21(12-14-29(41)49-10-2)19(4)23(37-25)16-27-31(45-6)33(47-8)35(43)39-27/h15-16,36-37H,9-14,17H2,1-8H3,(H,38,42)(H,39,43)/b26-15-,27-16-. The number of H-pyrrole nitrogens is 2. The van der Waals surface area contributed by atoms with Gasteiger partial charge in [-0.1, -0.05) is 0 Å². The van der Waals surface area contributed by atoms with Crippen molar-refractivity contribution in [2.75, 3.05) is 41.7 Å². The van der Waals surface area contributed by atoms with Crippen molar-refractivity contribution in [1.29, 1.82) is 0 Å². The first kappa shape index (κ1) is 36.4. The summed E-state index contributed by atoms with van der Waals surface area (Å²) < 4.78 is 31.8. The highest BCUT2D eigenvalue weighted by Crippen LogP contribution is 2.32. The van der Waals surface area contributed by atoms with Crippen LogP contribution in [-0.2, 0) is 66.9 Å². The number of hydrogen-bond acceptors (Lipinski definition) is 10. The zero-order chi connectivity index (χ0) is 35.8. The molecular weight excluding hydrogens is 636 g/mol. The van der Waals surface area contributed by atoms with Gasteiger partial charge in [0.2, 0.25) is 11.5 Å². The molecule has 49 heavy (non-hydrogen) atoms. The van der Waals surface area contributed by atoms with Crippen LogP contribution in [-0.4, -0.2) is 75.4 Å². The van der Waals surface area contributed by atoms with Gasteiger partial charge >= 0.3 is 11.9 Å². The Kier molecular flexibility index (Phi) is 12.0. The van der Waals surface area contributed by atoms with E-state index in [-0.39, 0.29) is 61.0 Å². The lowest BCUT2D eigenvalue weighted by Crippen LogP contribution is -2.17. The van der Waals surface area contributed by atoms with Crippen molar-refractivity contribution in [1.82, 2.24) is 20.6 Å². The van der Waals surface area contributed by atoms with E-state index >= 15 is 0 Å². The molecule has 0 spiro atoms. The number of nitrogens with one attached hydrogen (secondary N) is 4. The van der Waals surface area contributed by atoms with Crippen molar-refractivity contribution < 1.29 is 47.6 Å². The summed E-state index contributed by atoms with van der Waals surface area (Å²) in [5.41, 5.74) is 7.43. The number of aromatic amines is 2. The SMILES string of the molecule is CCOC(=O)CCc1c(Cc2[nH]c(/C=C3\NC(=O)C(OC)=C3OC)c(C)c2CCC(=O)OCC)[nH]c(/C=C2\NC(=O)C(OC)=C2OC)c1C. The number of carbonyl (C=O) groups is 4. The van der Waals surface area contributed by atoms with E-state index in [1.165, 1.54) is 28.4 Å². The maximum atomic E-state index is 12.5. The molecule has 14 nitrogen and oxygen atoms in total. The first-order chi connectivity index (χ1) is 23.5. The van der Waals surface area contributed by atoms with E-state index in [1.807, 2.05) is 13.8 Å². The molecule has 264 valence electrons. The first-order valence-electron chi connectivity index (χ1n) is 15.9. The van der Waals surface area contributed by atoms with Crippen LogP contribution in [0.3, 0.4) is 0 Å². The minimum absolute atomic E-state index is 0.0676. The van der Waals surface area contributed by atoms with E-state index in [4.69, 9.17) is 28.4 Å². The average Bonchev–Trinajstić information content (AvgIpc) is 3.74. The highest BCUT2D eigenvalue weighted by Gasteiger charge is 2.32. The third kappa shape index (κ3) is 7.85. The Morgan fingerprint density at radius 3 is 1.31 bits per heavy atom. The Labute approximate surface area is 284 Å². The van der Waals surface area contributed by atoms with Gasteiger partial charge in [0.05, 0.1) is 53.0 Å². The van der Waals surface area contributed by atoms with Crippen LogP contribution >= 0.6 is 0 Å². The summed E-state index contributed by atoms with van der Waals surface area (Å²) in [6, 6.07) is 0. The van der Waals surface area contributed by atoms with E-state index in [9.17, 15) is 19.2 Å². The maximum Gasteiger partial charge on any atom is 0.306 e. The van der Waals surface area contributed by atoms with Crippen LogP contribution in [0.5, 0.6) is 0 Å². The maximum absolute atomic E-state index is 12.5. The quantitative estimate of drug-likeness (QED) is 0.192. The third-order valence-corrected chi connectivity index (χ3v) is 8.34. The Balaban J connectivity index is 1.81. The van der Waals surface area contributed by atoms with Gasteiger partial charge < -0.3 is 49.0 Å². The van der Waals surface area contributed by atoms with E-state index in [0.717, 1.165) is 33.6 Å². The van der Waals surface area contributed by atoms with Crippen molar-refractivity contribution in [3.63, 3.8) is 0 Å². The Hall–Kier alpha value is -5.40. The predicted octanol–water partition coefficient (Wildman–Crippen LogP) is 3.49. The topological polar surface area (TPSA) is 179 Å². The fourth-order valence-electron chi connectivity index (χ4n) is 6.00. The summed E-state index contributed by atoms with van der Waals surface area (Å²) >= 11 is 0. The van der Waals surface area contributed by atoms with Crippen molar-refractivity contribution in [2.45, 2.75) is 59.8 Å². The van der Waals surface area contributed by atoms with E-state index in [2.05, 4.69) is 20.6 Å². The average molecular weight is 681 g/mol. The zero-order valence-corrected chi connectivity index (χ0v) is 29.2. The van der Waals surface area contributed by atoms with E-state index in [1.54, 1.807) is 26.0 Å². The summed E-state index contributed by atoms with van der Waals surface area (Å²) in [4.78, 5) is 56.8. The van der Waals surface area contributed by atoms with Crippen LogP contribution in [0.1, 0.15) is 71.7 Å². The van der Waals surface area contributed by atoms with Gasteiger partial charge in [-0.05, 0) is 74.9 Å². The first-order valence-corrected chi connectivity index (χ1v) is 15.9. The molecule has 2 aromatic heterocycles. The minimum atomic E-state index is -0.421. The predicted molar refractivity (Wildman–Crippen MR) is 178 cm³/mol. The lowest BCUT2D eigenvalue weighted by atomic mass is 9.98. The second kappa shape index (κ2) is 16.1. The van der Waals surface area contributed by atoms with Gasteiger partial charge in [0.25, 0.3) is 11.8 Å². The fourth-order valence-corrected chi connectivity index (χ4v) is 6.00. The number of carbonyl (C=O) groups excluding carboxylic acids is 4. The fraction of sp³-hybridized carbons (Fsp3) is 0.429. The number of esters is 2. The van der Waals surface area contributed by atoms with Crippen molar-refractivity contribution in [2.24, 2.45) is 0 Å². The Morgan fingerprint density at radius 2 is 0.980 bits per heavy atom. The summed E-state index contributed by atoms with van der Waals surface area (Å²) in [6.07, 6.45) is 5.01. The number of aromatic nitrogens is 2. The number of rotatable bonds is 16. The van der Waals surface area contributed by atoms with Gasteiger partial charge in [0.15, 0.2) is 11.5 Å². The van der Waals surface area contributed by atoms with Crippen molar-refractivity contribution >= 4 is 35.9 Å². The molecule has 0 bridgehead atoms. The second-order valence-corrected chi connectivity index (χ2v) is 11.2. The molecule has 4 heterocycles. The minimum Gasteiger partial charge on any atom is -0.491 e. The molecule has 0 aromatic carbocycles. The summed E-state index contributed by atoms with van der Waals surface area (Å²) in [7, 11) is 5.70. The summed E-state index contributed by atoms with van der Waals surface area (Å²) in [5.74, 6) is -0.796. The van der Waals surface area contributed by atoms with Gasteiger partial charge in [-0.3, -0.25) is 19.2 Å². The molecule has 2 aromatic rings. The van der Waals surface area contributed by atoms with E-state index in [0.29, 0.717) is 42.0 Å². The third-order valence-electron chi connectivity index (χ3n) is 8.34. The Bertz CT molecular complexity index is 1630. The second-order valence-electron chi connectivity index (χ2n) is 11.2. The highest BCUT2D eigenvalue weighted by atomic mass is 16.5. The van der Waals surface area contributed by atoms with Crippen molar-refractivity contribution in [3.05, 3.63) is 79.5 Å². The van der Waals surface area contributed by atoms with Crippen LogP contribution in [0.4, 0.5) is 0 Å². The highest BCUT2D eigenvalue weighted by molar-refractivity contribution is 5.99. The normalized spacial score (nSPS) is 16.0. The number of hydrogen-bond donors (Lipinski definition) is 4. The van der Waals surface area contributed by atoms with Crippen LogP contribution in [0, 0.1) is 13.8 Å². The lowest BCUT2D eigenvalue weighted by molar-refractivity contribution is -0.144. The molecule has 2 aliphatic rings. The molecule has 2 amide bonds. The molecule has 0 saturated heterocycles. The number of amides is 2. The lowest BCUT2D eigenvalue weighted by Gasteiger charge is -2.08. The Morgan fingerprint density at radius 1 is 0.612 bits per heavy atom. The molecule has 0 aliphatic carbocycles. The molecule has 0 saturated carbocycles. The van der Waals surface area contributed by atoms with Crippen LogP contribution in [0.2, 0.25) is 0 Å². The van der Waals surface area contributed by atoms with Gasteiger partial charge in [0, 0.05) is 42.0 Å². The zero-order valence-electron chi connectivity index (χ0n) is 29.2. The van der Waals surface area contributed by atoms with Crippen LogP contribution < -0.4 is 10.6 Å². The van der Waals surface area contributed by atoms with E-state index < -0.39 is 11.8 Å². The van der Waals surface area contributed by atoms with Gasteiger partial charge in [-0.25, -0.2) is 0 Å². The van der Waals surface area contributed by atoms with Crippen LogP contribution in [0.15, 0.2) is 34.4 Å². The van der Waals surface area contributed by atoms with Crippen LogP contribution in [0.25, 0.3) is 12.2 Å². The molecule has 0 radical (unpaired) electrons. The molecule has 2 aliphatic heterocycles. The molecule has 0 atom stereocenters. The summed E-state index contributed by atoms with van der Waals surface area (Å²) in [5, 5.41) is 5.56. The molecule has 4 N–H and O–H groups in total. The monoisotopic (exact) mass is 680 g/mol. The van der Waals surface area contributed by atoms with Gasteiger partial charge in [0.1, 0.15) is 0 Å². The largest absolute Gasteiger partial charge is 0.491 e. The van der Waals surface area contributed by atoms with Gasteiger partial charge in [-0.15, -0.1) is 0 Å². The van der Waals surface area contributed by atoms with Gasteiger partial charge in [-0.2, -0.15) is 0 Å². The number of methoxy groups -OCH3 is 4. The number of ether oxygens (including phenoxy) is 6. The molecular formula is C35H44N4O10. The van der Waals surface area contributed by atoms with Crippen molar-refractivity contribution in [3.8, 4) is 0 Å². The molecule has 0 fully saturated rings.